The molecule has 0 N–H and O–H groups in total. The molecule has 2 unspecified atom stereocenters. The van der Waals surface area contributed by atoms with E-state index in [4.69, 9.17) is 24.4 Å². The summed E-state index contributed by atoms with van der Waals surface area (Å²) in [5, 5.41) is 2.24. The van der Waals surface area contributed by atoms with E-state index in [1.54, 1.807) is 0 Å². The fraction of sp³-hybridized carbons (Fsp3) is 0.0741. The molecule has 2 aliphatic rings. The van der Waals surface area contributed by atoms with Crippen molar-refractivity contribution in [3.8, 4) is 56.4 Å². The number of fused-ring (bicyclic) bond motifs is 6. The molecule has 3 heterocycles. The molecular formula is C54H38N4O. The maximum absolute atomic E-state index is 6.65. The van der Waals surface area contributed by atoms with Crippen molar-refractivity contribution in [2.24, 2.45) is 4.99 Å². The van der Waals surface area contributed by atoms with E-state index in [0.717, 1.165) is 72.2 Å². The average molecular weight is 759 g/mol. The Morgan fingerprint density at radius 3 is 1.69 bits per heavy atom. The third kappa shape index (κ3) is 6.19. The molecule has 0 bridgehead atoms. The Morgan fingerprint density at radius 2 is 1.02 bits per heavy atom. The Labute approximate surface area is 342 Å². The van der Waals surface area contributed by atoms with Gasteiger partial charge in [-0.2, -0.15) is 0 Å². The second-order valence-corrected chi connectivity index (χ2v) is 15.5. The topological polar surface area (TPSA) is 64.2 Å². The van der Waals surface area contributed by atoms with Crippen LogP contribution in [0.4, 0.5) is 0 Å². The Kier molecular flexibility index (Phi) is 8.33. The highest BCUT2D eigenvalue weighted by molar-refractivity contribution is 6.21. The largest absolute Gasteiger partial charge is 0.456 e. The normalized spacial score (nSPS) is 15.6. The fourth-order valence-electron chi connectivity index (χ4n) is 8.61. The molecule has 2 aromatic heterocycles. The lowest BCUT2D eigenvalue weighted by Gasteiger charge is -2.32. The highest BCUT2D eigenvalue weighted by Crippen LogP contribution is 2.48. The summed E-state index contributed by atoms with van der Waals surface area (Å²) in [6.07, 6.45) is 8.83. The maximum atomic E-state index is 6.65. The number of hydrogen-bond donors (Lipinski definition) is 0. The van der Waals surface area contributed by atoms with Gasteiger partial charge in [-0.3, -0.25) is 4.99 Å². The van der Waals surface area contributed by atoms with Crippen LogP contribution in [-0.4, -0.2) is 26.7 Å². The van der Waals surface area contributed by atoms with E-state index < -0.39 is 0 Å². The highest BCUT2D eigenvalue weighted by atomic mass is 16.3. The average Bonchev–Trinajstić information content (AvgIpc) is 3.67. The number of nitrogens with zero attached hydrogens (tertiary/aromatic N) is 4. The van der Waals surface area contributed by atoms with Gasteiger partial charge >= 0.3 is 0 Å². The van der Waals surface area contributed by atoms with Gasteiger partial charge in [0.2, 0.25) is 0 Å². The molecule has 11 rings (SSSR count). The molecule has 9 aromatic rings. The summed E-state index contributed by atoms with van der Waals surface area (Å²) in [7, 11) is 0. The Hall–Kier alpha value is -7.50. The van der Waals surface area contributed by atoms with E-state index in [0.29, 0.717) is 17.5 Å². The van der Waals surface area contributed by atoms with Crippen molar-refractivity contribution in [1.82, 2.24) is 15.0 Å². The van der Waals surface area contributed by atoms with Crippen LogP contribution in [0.2, 0.25) is 0 Å². The lowest BCUT2D eigenvalue weighted by atomic mass is 9.75. The summed E-state index contributed by atoms with van der Waals surface area (Å²) in [5.74, 6) is 2.01. The summed E-state index contributed by atoms with van der Waals surface area (Å²) in [6.45, 7) is 4.17. The van der Waals surface area contributed by atoms with Crippen LogP contribution in [0.3, 0.4) is 0 Å². The van der Waals surface area contributed by atoms with Crippen LogP contribution in [-0.2, 0) is 0 Å². The number of para-hydroxylation sites is 1. The van der Waals surface area contributed by atoms with Crippen molar-refractivity contribution in [3.63, 3.8) is 0 Å². The van der Waals surface area contributed by atoms with Gasteiger partial charge < -0.3 is 4.42 Å². The van der Waals surface area contributed by atoms with Gasteiger partial charge in [0.1, 0.15) is 11.2 Å². The maximum Gasteiger partial charge on any atom is 0.164 e. The van der Waals surface area contributed by atoms with Crippen molar-refractivity contribution in [1.29, 1.82) is 0 Å². The third-order valence-electron chi connectivity index (χ3n) is 11.6. The molecule has 7 aromatic carbocycles. The minimum Gasteiger partial charge on any atom is -0.456 e. The molecule has 5 nitrogen and oxygen atoms in total. The van der Waals surface area contributed by atoms with Crippen molar-refractivity contribution >= 4 is 27.7 Å². The first-order valence-corrected chi connectivity index (χ1v) is 20.1. The summed E-state index contributed by atoms with van der Waals surface area (Å²) in [5.41, 5.74) is 16.0. The monoisotopic (exact) mass is 758 g/mol. The summed E-state index contributed by atoms with van der Waals surface area (Å²) >= 11 is 0. The number of hydrogen-bond acceptors (Lipinski definition) is 5. The molecule has 5 heteroatoms. The molecule has 0 amide bonds. The van der Waals surface area contributed by atoms with Crippen molar-refractivity contribution in [2.45, 2.75) is 25.8 Å². The molecule has 0 saturated heterocycles. The van der Waals surface area contributed by atoms with Gasteiger partial charge in [0.05, 0.1) is 11.8 Å². The smallest absolute Gasteiger partial charge is 0.164 e. The van der Waals surface area contributed by atoms with E-state index in [1.165, 1.54) is 22.3 Å². The second kappa shape index (κ2) is 14.2. The zero-order chi connectivity index (χ0) is 39.5. The molecular weight excluding hydrogens is 721 g/mol. The number of aliphatic imine (C=N–C) groups is 1. The van der Waals surface area contributed by atoms with Gasteiger partial charge in [-0.15, -0.1) is 0 Å². The quantitative estimate of drug-likeness (QED) is 0.169. The van der Waals surface area contributed by atoms with Crippen LogP contribution in [0, 0.1) is 13.8 Å². The lowest BCUT2D eigenvalue weighted by molar-refractivity contribution is 0.666. The number of aromatic nitrogens is 3. The van der Waals surface area contributed by atoms with Gasteiger partial charge in [0.15, 0.2) is 17.5 Å². The predicted molar refractivity (Wildman–Crippen MR) is 241 cm³/mol. The minimum atomic E-state index is -0.0127. The zero-order valence-electron chi connectivity index (χ0n) is 32.7. The summed E-state index contributed by atoms with van der Waals surface area (Å²) < 4.78 is 6.65. The molecule has 1 aliphatic heterocycles. The van der Waals surface area contributed by atoms with Gasteiger partial charge in [-0.05, 0) is 59.9 Å². The number of benzene rings is 7. The Balaban J connectivity index is 1.05. The standard InChI is InChI=1S/C54H38N4O/c1-33-19-23-37(24-20-33)52-56-53(38-25-21-34(2)22-26-38)58-54(57-52)39-29-27-35(28-30-39)40-13-10-14-41(31-40)48-49-42-15-6-8-17-45(42)55-51(36-11-4-3-5-12-36)44(49)32-47-50(48)43-16-7-9-18-46(43)59-47/h3-32,42,45H,1-2H3. The van der Waals surface area contributed by atoms with Crippen LogP contribution < -0.4 is 0 Å². The molecule has 280 valence electrons. The number of aryl methyl sites for hydroxylation is 2. The van der Waals surface area contributed by atoms with Gasteiger partial charge in [0, 0.05) is 44.5 Å². The van der Waals surface area contributed by atoms with Crippen LogP contribution in [0.5, 0.6) is 0 Å². The summed E-state index contributed by atoms with van der Waals surface area (Å²) in [4.78, 5) is 20.3. The molecule has 0 saturated carbocycles. The van der Waals surface area contributed by atoms with E-state index in [9.17, 15) is 0 Å². The van der Waals surface area contributed by atoms with Crippen molar-refractivity contribution < 1.29 is 4.42 Å². The summed E-state index contributed by atoms with van der Waals surface area (Å²) in [6, 6.07) is 55.3. The molecule has 2 atom stereocenters. The Morgan fingerprint density at radius 1 is 0.458 bits per heavy atom. The molecule has 0 spiro atoms. The first-order chi connectivity index (χ1) is 29.0. The van der Waals surface area contributed by atoms with Crippen molar-refractivity contribution in [3.05, 3.63) is 210 Å². The van der Waals surface area contributed by atoms with E-state index >= 15 is 0 Å². The van der Waals surface area contributed by atoms with E-state index in [-0.39, 0.29) is 12.0 Å². The predicted octanol–water partition coefficient (Wildman–Crippen LogP) is 13.2. The molecule has 0 radical (unpaired) electrons. The highest BCUT2D eigenvalue weighted by Gasteiger charge is 2.34. The first kappa shape index (κ1) is 34.7. The molecule has 0 fully saturated rings. The van der Waals surface area contributed by atoms with E-state index in [2.05, 4.69) is 190 Å². The van der Waals surface area contributed by atoms with Gasteiger partial charge in [-0.25, -0.2) is 15.0 Å². The van der Waals surface area contributed by atoms with Crippen LogP contribution in [0.25, 0.3) is 78.4 Å². The fourth-order valence-corrected chi connectivity index (χ4v) is 8.61. The zero-order valence-corrected chi connectivity index (χ0v) is 32.7. The second-order valence-electron chi connectivity index (χ2n) is 15.5. The first-order valence-electron chi connectivity index (χ1n) is 20.1. The number of rotatable bonds is 6. The van der Waals surface area contributed by atoms with Crippen LogP contribution in [0.1, 0.15) is 33.7 Å². The van der Waals surface area contributed by atoms with Crippen molar-refractivity contribution in [2.75, 3.05) is 0 Å². The molecule has 59 heavy (non-hydrogen) atoms. The number of allylic oxidation sites excluding steroid dienone is 2. The van der Waals surface area contributed by atoms with Crippen LogP contribution >= 0.6 is 0 Å². The minimum absolute atomic E-state index is 0.0127. The molecule has 1 aliphatic carbocycles. The van der Waals surface area contributed by atoms with Gasteiger partial charge in [-0.1, -0.05) is 175 Å². The SMILES string of the molecule is Cc1ccc(-c2nc(-c3ccc(C)cc3)nc(-c3ccc(-c4cccc(-c5c6c(cc7oc8ccccc8c57)C(c5ccccc5)=NC5C=CC=CC65)c4)cc3)n2)cc1. The van der Waals surface area contributed by atoms with E-state index in [1.807, 2.05) is 6.07 Å². The third-order valence-corrected chi connectivity index (χ3v) is 11.6. The van der Waals surface area contributed by atoms with Crippen LogP contribution in [0.15, 0.2) is 191 Å². The Bertz CT molecular complexity index is 3090. The van der Waals surface area contributed by atoms with Gasteiger partial charge in [0.25, 0.3) is 0 Å². The number of furan rings is 1. The lowest BCUT2D eigenvalue weighted by Crippen LogP contribution is -2.26.